The Bertz CT molecular complexity index is 1410. The molecule has 1 atom stereocenters. The van der Waals surface area contributed by atoms with Crippen LogP contribution >= 0.6 is 0 Å². The second-order valence-corrected chi connectivity index (χ2v) is 9.71. The molecule has 1 aliphatic rings. The molecule has 1 unspecified atom stereocenters. The van der Waals surface area contributed by atoms with E-state index in [2.05, 4.69) is 5.32 Å². The zero-order chi connectivity index (χ0) is 26.5. The van der Waals surface area contributed by atoms with Crippen LogP contribution in [0, 0.1) is 13.8 Å². The van der Waals surface area contributed by atoms with Crippen molar-refractivity contribution in [2.24, 2.45) is 0 Å². The second-order valence-electron chi connectivity index (χ2n) is 9.71. The quantitative estimate of drug-likeness (QED) is 0.345. The maximum absolute atomic E-state index is 13.5. The summed E-state index contributed by atoms with van der Waals surface area (Å²) in [4.78, 5) is 33.3. The van der Waals surface area contributed by atoms with Crippen LogP contribution in [0.2, 0.25) is 0 Å². The van der Waals surface area contributed by atoms with Crippen molar-refractivity contribution in [3.05, 3.63) is 102 Å². The molecule has 1 saturated heterocycles. The number of hydrogen-bond acceptors (Lipinski definition) is 4. The molecule has 2 amide bonds. The van der Waals surface area contributed by atoms with Gasteiger partial charge in [-0.2, -0.15) is 0 Å². The van der Waals surface area contributed by atoms with Crippen LogP contribution < -0.4 is 5.32 Å². The molecule has 0 spiro atoms. The van der Waals surface area contributed by atoms with Crippen LogP contribution in [0.3, 0.4) is 0 Å². The first kappa shape index (κ1) is 25.4. The highest BCUT2D eigenvalue weighted by Crippen LogP contribution is 2.25. The first-order valence-corrected chi connectivity index (χ1v) is 13.0. The zero-order valence-electron chi connectivity index (χ0n) is 21.8. The van der Waals surface area contributed by atoms with E-state index in [-0.39, 0.29) is 24.5 Å². The number of carbonyl (C=O) groups is 2. The normalized spacial score (nSPS) is 14.8. The first-order chi connectivity index (χ1) is 18.5. The SMILES string of the molecule is Cc1ccc(-n2cc(-c3ccccc3)nc2NC(=O)CN(CC2CCCO2)C(=O)c2ccccc2C)cc1. The predicted molar refractivity (Wildman–Crippen MR) is 148 cm³/mol. The van der Waals surface area contributed by atoms with Gasteiger partial charge in [0.1, 0.15) is 6.54 Å². The van der Waals surface area contributed by atoms with Gasteiger partial charge in [0.2, 0.25) is 11.9 Å². The number of aromatic nitrogens is 2. The Kier molecular flexibility index (Phi) is 7.65. The largest absolute Gasteiger partial charge is 0.376 e. The number of nitrogens with zero attached hydrogens (tertiary/aromatic N) is 3. The lowest BCUT2D eigenvalue weighted by Crippen LogP contribution is -2.42. The van der Waals surface area contributed by atoms with E-state index in [0.29, 0.717) is 24.7 Å². The van der Waals surface area contributed by atoms with Crippen LogP contribution in [0.4, 0.5) is 5.95 Å². The molecule has 3 aromatic carbocycles. The maximum atomic E-state index is 13.5. The number of carbonyl (C=O) groups excluding carboxylic acids is 2. The number of benzene rings is 3. The van der Waals surface area contributed by atoms with Crippen LogP contribution in [-0.2, 0) is 9.53 Å². The van der Waals surface area contributed by atoms with Gasteiger partial charge >= 0.3 is 0 Å². The van der Waals surface area contributed by atoms with E-state index in [0.717, 1.165) is 40.9 Å². The summed E-state index contributed by atoms with van der Waals surface area (Å²) in [6.07, 6.45) is 3.67. The molecule has 0 radical (unpaired) electrons. The van der Waals surface area contributed by atoms with Gasteiger partial charge in [0.25, 0.3) is 5.91 Å². The van der Waals surface area contributed by atoms with Crippen LogP contribution in [0.1, 0.15) is 34.3 Å². The number of anilines is 1. The highest BCUT2D eigenvalue weighted by atomic mass is 16.5. The molecule has 38 heavy (non-hydrogen) atoms. The minimum atomic E-state index is -0.316. The molecular weight excluding hydrogens is 476 g/mol. The van der Waals surface area contributed by atoms with E-state index in [9.17, 15) is 9.59 Å². The molecule has 1 aromatic heterocycles. The first-order valence-electron chi connectivity index (χ1n) is 13.0. The Morgan fingerprint density at radius 1 is 1.00 bits per heavy atom. The molecule has 7 heteroatoms. The van der Waals surface area contributed by atoms with Gasteiger partial charge in [0, 0.05) is 36.2 Å². The van der Waals surface area contributed by atoms with E-state index in [1.165, 1.54) is 0 Å². The summed E-state index contributed by atoms with van der Waals surface area (Å²) >= 11 is 0. The van der Waals surface area contributed by atoms with Crippen LogP contribution in [0.15, 0.2) is 85.1 Å². The van der Waals surface area contributed by atoms with E-state index in [1.54, 1.807) is 11.0 Å². The summed E-state index contributed by atoms with van der Waals surface area (Å²) in [5.41, 5.74) is 5.18. The third-order valence-corrected chi connectivity index (χ3v) is 6.78. The summed E-state index contributed by atoms with van der Waals surface area (Å²) in [5.74, 6) is -0.0952. The fourth-order valence-corrected chi connectivity index (χ4v) is 4.69. The van der Waals surface area contributed by atoms with E-state index >= 15 is 0 Å². The molecule has 0 bridgehead atoms. The molecule has 2 heterocycles. The molecule has 5 rings (SSSR count). The van der Waals surface area contributed by atoms with Gasteiger partial charge in [0.05, 0.1) is 11.8 Å². The average Bonchev–Trinajstić information content (AvgIpc) is 3.59. The van der Waals surface area contributed by atoms with Crippen molar-refractivity contribution in [1.29, 1.82) is 0 Å². The van der Waals surface area contributed by atoms with Crippen molar-refractivity contribution in [2.75, 3.05) is 25.0 Å². The van der Waals surface area contributed by atoms with Gasteiger partial charge in [-0.15, -0.1) is 0 Å². The van der Waals surface area contributed by atoms with Crippen molar-refractivity contribution in [3.8, 4) is 16.9 Å². The summed E-state index contributed by atoms with van der Waals surface area (Å²) in [6, 6.07) is 25.3. The Morgan fingerprint density at radius 2 is 1.74 bits per heavy atom. The third kappa shape index (κ3) is 5.84. The lowest BCUT2D eigenvalue weighted by molar-refractivity contribution is -0.117. The van der Waals surface area contributed by atoms with Crippen molar-refractivity contribution in [1.82, 2.24) is 14.5 Å². The van der Waals surface area contributed by atoms with Gasteiger partial charge in [-0.05, 0) is 50.5 Å². The lowest BCUT2D eigenvalue weighted by Gasteiger charge is -2.25. The topological polar surface area (TPSA) is 76.5 Å². The summed E-state index contributed by atoms with van der Waals surface area (Å²) in [6.45, 7) is 4.88. The van der Waals surface area contributed by atoms with Crippen molar-refractivity contribution >= 4 is 17.8 Å². The Hall–Kier alpha value is -4.23. The average molecular weight is 509 g/mol. The molecular formula is C31H32N4O3. The second kappa shape index (κ2) is 11.4. The summed E-state index contributed by atoms with van der Waals surface area (Å²) < 4.78 is 7.66. The van der Waals surface area contributed by atoms with E-state index in [1.807, 2.05) is 97.4 Å². The molecule has 0 saturated carbocycles. The molecule has 4 aromatic rings. The van der Waals surface area contributed by atoms with E-state index in [4.69, 9.17) is 9.72 Å². The highest BCUT2D eigenvalue weighted by molar-refractivity contribution is 6.00. The number of rotatable bonds is 8. The number of aryl methyl sites for hydroxylation is 2. The predicted octanol–water partition coefficient (Wildman–Crippen LogP) is 5.42. The number of ether oxygens (including phenoxy) is 1. The molecule has 1 fully saturated rings. The van der Waals surface area contributed by atoms with Crippen LogP contribution in [-0.4, -0.2) is 52.1 Å². The minimum Gasteiger partial charge on any atom is -0.376 e. The number of hydrogen-bond donors (Lipinski definition) is 1. The number of nitrogens with one attached hydrogen (secondary N) is 1. The van der Waals surface area contributed by atoms with Gasteiger partial charge < -0.3 is 9.64 Å². The Balaban J connectivity index is 1.41. The highest BCUT2D eigenvalue weighted by Gasteiger charge is 2.26. The monoisotopic (exact) mass is 508 g/mol. The lowest BCUT2D eigenvalue weighted by atomic mass is 10.1. The number of amides is 2. The summed E-state index contributed by atoms with van der Waals surface area (Å²) in [5, 5.41) is 2.97. The molecule has 7 nitrogen and oxygen atoms in total. The smallest absolute Gasteiger partial charge is 0.254 e. The standard InChI is InChI=1S/C31H32N4O3/c1-22-14-16-25(17-15-22)35-20-28(24-10-4-3-5-11-24)32-31(35)33-29(36)21-34(19-26-12-8-18-38-26)30(37)27-13-7-6-9-23(27)2/h3-7,9-11,13-17,20,26H,8,12,18-19,21H2,1-2H3,(H,32,33,36). The van der Waals surface area contributed by atoms with Gasteiger partial charge in [-0.3, -0.25) is 19.5 Å². The summed E-state index contributed by atoms with van der Waals surface area (Å²) in [7, 11) is 0. The van der Waals surface area contributed by atoms with Gasteiger partial charge in [0.15, 0.2) is 0 Å². The third-order valence-electron chi connectivity index (χ3n) is 6.78. The molecule has 1 N–H and O–H groups in total. The van der Waals surface area contributed by atoms with Crippen LogP contribution in [0.25, 0.3) is 16.9 Å². The van der Waals surface area contributed by atoms with Gasteiger partial charge in [-0.25, -0.2) is 4.98 Å². The fourth-order valence-electron chi connectivity index (χ4n) is 4.69. The van der Waals surface area contributed by atoms with Crippen LogP contribution in [0.5, 0.6) is 0 Å². The minimum absolute atomic E-state index is 0.0741. The molecule has 1 aliphatic heterocycles. The Labute approximate surface area is 223 Å². The molecule has 0 aliphatic carbocycles. The van der Waals surface area contributed by atoms with Crippen molar-refractivity contribution in [2.45, 2.75) is 32.8 Å². The van der Waals surface area contributed by atoms with Crippen molar-refractivity contribution in [3.63, 3.8) is 0 Å². The maximum Gasteiger partial charge on any atom is 0.254 e. The zero-order valence-corrected chi connectivity index (χ0v) is 21.8. The molecule has 194 valence electrons. The Morgan fingerprint density at radius 3 is 2.45 bits per heavy atom. The fraction of sp³-hybridized carbons (Fsp3) is 0.258. The van der Waals surface area contributed by atoms with Gasteiger partial charge in [-0.1, -0.05) is 66.2 Å². The van der Waals surface area contributed by atoms with E-state index < -0.39 is 0 Å². The number of imidazole rings is 1. The van der Waals surface area contributed by atoms with Crippen molar-refractivity contribution < 1.29 is 14.3 Å².